The summed E-state index contributed by atoms with van der Waals surface area (Å²) in [4.78, 5) is 17.1. The van der Waals surface area contributed by atoms with E-state index in [1.165, 1.54) is 31.4 Å². The van der Waals surface area contributed by atoms with Crippen molar-refractivity contribution in [3.63, 3.8) is 0 Å². The molecule has 1 aromatic heterocycles. The monoisotopic (exact) mass is 418 g/mol. The lowest BCUT2D eigenvalue weighted by molar-refractivity contribution is -0.138. The summed E-state index contributed by atoms with van der Waals surface area (Å²) in [7, 11) is 0. The molecule has 0 unspecified atom stereocenters. The molecule has 1 aliphatic carbocycles. The zero-order chi connectivity index (χ0) is 20.4. The lowest BCUT2D eigenvalue weighted by Crippen LogP contribution is -2.35. The molecule has 2 aromatic rings. The van der Waals surface area contributed by atoms with Crippen LogP contribution < -0.4 is 4.90 Å². The van der Waals surface area contributed by atoms with E-state index in [4.69, 9.17) is 5.11 Å². The van der Waals surface area contributed by atoms with Crippen LogP contribution in [0.5, 0.6) is 0 Å². The summed E-state index contributed by atoms with van der Waals surface area (Å²) < 4.78 is 29.7. The van der Waals surface area contributed by atoms with Crippen molar-refractivity contribution < 1.29 is 18.7 Å². The minimum atomic E-state index is -0.824. The largest absolute Gasteiger partial charge is 0.481 e. The Hall–Kier alpha value is -2.15. The van der Waals surface area contributed by atoms with Crippen LogP contribution >= 0.6 is 11.8 Å². The van der Waals surface area contributed by atoms with Gasteiger partial charge in [-0.3, -0.25) is 4.79 Å². The SMILES string of the molecule is O=C(O)CC1CCN(c2c(F)cc(-c3cccc(SC4CCC4)n3)cc2F)CC1. The van der Waals surface area contributed by atoms with Crippen molar-refractivity contribution in [2.24, 2.45) is 5.92 Å². The normalized spacial score (nSPS) is 17.9. The Morgan fingerprint density at radius 1 is 1.14 bits per heavy atom. The van der Waals surface area contributed by atoms with Gasteiger partial charge in [0.1, 0.15) is 17.3 Å². The number of aliphatic carboxylic acids is 1. The number of pyridine rings is 1. The highest BCUT2D eigenvalue weighted by Gasteiger charge is 2.26. The van der Waals surface area contributed by atoms with E-state index >= 15 is 0 Å². The number of benzene rings is 1. The molecule has 4 rings (SSSR count). The third kappa shape index (κ3) is 4.71. The average molecular weight is 419 g/mol. The van der Waals surface area contributed by atoms with Crippen LogP contribution in [0.2, 0.25) is 0 Å². The number of hydrogen-bond donors (Lipinski definition) is 1. The van der Waals surface area contributed by atoms with Crippen molar-refractivity contribution in [1.82, 2.24) is 4.98 Å². The highest BCUT2D eigenvalue weighted by Crippen LogP contribution is 2.37. The maximum atomic E-state index is 14.9. The maximum absolute atomic E-state index is 14.9. The number of hydrogen-bond acceptors (Lipinski definition) is 4. The predicted molar refractivity (Wildman–Crippen MR) is 110 cm³/mol. The van der Waals surface area contributed by atoms with Gasteiger partial charge in [0.05, 0.1) is 10.7 Å². The third-order valence-electron chi connectivity index (χ3n) is 5.77. The fourth-order valence-corrected chi connectivity index (χ4v) is 5.14. The first-order chi connectivity index (χ1) is 14.0. The number of aromatic nitrogens is 1. The summed E-state index contributed by atoms with van der Waals surface area (Å²) >= 11 is 1.73. The summed E-state index contributed by atoms with van der Waals surface area (Å²) in [5.74, 6) is -1.96. The number of piperidine rings is 1. The molecule has 0 bridgehead atoms. The lowest BCUT2D eigenvalue weighted by Gasteiger charge is -2.33. The summed E-state index contributed by atoms with van der Waals surface area (Å²) in [6.45, 7) is 0.911. The predicted octanol–water partition coefficient (Wildman–Crippen LogP) is 5.36. The van der Waals surface area contributed by atoms with Crippen LogP contribution in [-0.2, 0) is 4.79 Å². The molecule has 154 valence electrons. The molecule has 2 fully saturated rings. The third-order valence-corrected chi connectivity index (χ3v) is 7.04. The van der Waals surface area contributed by atoms with Gasteiger partial charge in [0.25, 0.3) is 0 Å². The summed E-state index contributed by atoms with van der Waals surface area (Å²) in [5.41, 5.74) is 0.974. The molecule has 1 saturated carbocycles. The highest BCUT2D eigenvalue weighted by molar-refractivity contribution is 7.99. The maximum Gasteiger partial charge on any atom is 0.303 e. The lowest BCUT2D eigenvalue weighted by atomic mass is 9.93. The molecule has 1 N–H and O–H groups in total. The fourth-order valence-electron chi connectivity index (χ4n) is 3.92. The number of carboxylic acids is 1. The summed E-state index contributed by atoms with van der Waals surface area (Å²) in [5, 5.41) is 10.4. The van der Waals surface area contributed by atoms with Gasteiger partial charge in [-0.1, -0.05) is 12.5 Å². The molecule has 0 amide bonds. The highest BCUT2D eigenvalue weighted by atomic mass is 32.2. The van der Waals surface area contributed by atoms with Gasteiger partial charge < -0.3 is 10.0 Å². The number of carbonyl (C=O) groups is 1. The summed E-state index contributed by atoms with van der Waals surface area (Å²) in [6, 6.07) is 8.29. The molecule has 1 aromatic carbocycles. The van der Waals surface area contributed by atoms with Crippen molar-refractivity contribution in [2.45, 2.75) is 48.8 Å². The summed E-state index contributed by atoms with van der Waals surface area (Å²) in [6.07, 6.45) is 4.99. The molecular weight excluding hydrogens is 394 g/mol. The van der Waals surface area contributed by atoms with E-state index < -0.39 is 17.6 Å². The number of thioether (sulfide) groups is 1. The van der Waals surface area contributed by atoms with Crippen LogP contribution in [0.4, 0.5) is 14.5 Å². The standard InChI is InChI=1S/C22H24F2N2O2S/c23-17-12-15(19-5-2-6-20(25-19)29-16-3-1-4-16)13-18(24)22(17)26-9-7-14(8-10-26)11-21(27)28/h2,5-6,12-14,16H,1,3-4,7-11H2,(H,27,28). The van der Waals surface area contributed by atoms with Gasteiger partial charge in [-0.2, -0.15) is 0 Å². The van der Waals surface area contributed by atoms with E-state index in [-0.39, 0.29) is 18.0 Å². The van der Waals surface area contributed by atoms with E-state index in [2.05, 4.69) is 4.98 Å². The minimum absolute atomic E-state index is 0.0254. The van der Waals surface area contributed by atoms with Crippen molar-refractivity contribution >= 4 is 23.4 Å². The average Bonchev–Trinajstić information content (AvgIpc) is 2.65. The molecule has 4 nitrogen and oxygen atoms in total. The first-order valence-electron chi connectivity index (χ1n) is 10.1. The second kappa shape index (κ2) is 8.69. The second-order valence-electron chi connectivity index (χ2n) is 7.85. The Bertz CT molecular complexity index is 873. The molecule has 0 spiro atoms. The molecule has 29 heavy (non-hydrogen) atoms. The molecule has 0 atom stereocenters. The molecule has 7 heteroatoms. The van der Waals surface area contributed by atoms with Gasteiger partial charge in [0.15, 0.2) is 0 Å². The van der Waals surface area contributed by atoms with E-state index in [9.17, 15) is 13.6 Å². The van der Waals surface area contributed by atoms with Gasteiger partial charge in [-0.25, -0.2) is 13.8 Å². The van der Waals surface area contributed by atoms with Crippen LogP contribution in [0.15, 0.2) is 35.4 Å². The van der Waals surface area contributed by atoms with E-state index in [1.807, 2.05) is 12.1 Å². The van der Waals surface area contributed by atoms with Crippen molar-refractivity contribution in [1.29, 1.82) is 0 Å². The molecule has 1 aliphatic heterocycles. The number of halogens is 2. The van der Waals surface area contributed by atoms with Gasteiger partial charge in [0, 0.05) is 30.3 Å². The number of nitrogens with zero attached hydrogens (tertiary/aromatic N) is 2. The Morgan fingerprint density at radius 2 is 1.83 bits per heavy atom. The topological polar surface area (TPSA) is 53.4 Å². The van der Waals surface area contributed by atoms with Crippen LogP contribution in [0.3, 0.4) is 0 Å². The van der Waals surface area contributed by atoms with E-state index in [1.54, 1.807) is 22.7 Å². The Labute approximate surface area is 173 Å². The quantitative estimate of drug-likeness (QED) is 0.684. The van der Waals surface area contributed by atoms with E-state index in [0.29, 0.717) is 42.4 Å². The first kappa shape index (κ1) is 20.1. The number of anilines is 1. The van der Waals surface area contributed by atoms with Crippen LogP contribution in [-0.4, -0.2) is 34.4 Å². The molecule has 2 heterocycles. The van der Waals surface area contributed by atoms with Crippen molar-refractivity contribution in [3.05, 3.63) is 42.0 Å². The number of rotatable bonds is 6. The zero-order valence-corrected chi connectivity index (χ0v) is 16.9. The van der Waals surface area contributed by atoms with Crippen molar-refractivity contribution in [3.8, 4) is 11.3 Å². The second-order valence-corrected chi connectivity index (χ2v) is 9.17. The van der Waals surface area contributed by atoms with Gasteiger partial charge >= 0.3 is 5.97 Å². The fraction of sp³-hybridized carbons (Fsp3) is 0.455. The molecule has 1 saturated heterocycles. The smallest absolute Gasteiger partial charge is 0.303 e. The van der Waals surface area contributed by atoms with Crippen molar-refractivity contribution in [2.75, 3.05) is 18.0 Å². The Morgan fingerprint density at radius 3 is 2.41 bits per heavy atom. The van der Waals surface area contributed by atoms with Gasteiger partial charge in [0.2, 0.25) is 0 Å². The zero-order valence-electron chi connectivity index (χ0n) is 16.1. The van der Waals surface area contributed by atoms with E-state index in [0.717, 1.165) is 5.03 Å². The van der Waals surface area contributed by atoms with Crippen LogP contribution in [0, 0.1) is 17.6 Å². The first-order valence-corrected chi connectivity index (χ1v) is 11.0. The molecular formula is C22H24F2N2O2S. The van der Waals surface area contributed by atoms with Crippen LogP contribution in [0.1, 0.15) is 38.5 Å². The molecule has 2 aliphatic rings. The Balaban J connectivity index is 1.50. The van der Waals surface area contributed by atoms with Gasteiger partial charge in [-0.15, -0.1) is 11.8 Å². The number of carboxylic acid groups (broad SMARTS) is 1. The van der Waals surface area contributed by atoms with Crippen LogP contribution in [0.25, 0.3) is 11.3 Å². The van der Waals surface area contributed by atoms with Gasteiger partial charge in [-0.05, 0) is 55.9 Å². The minimum Gasteiger partial charge on any atom is -0.481 e. The molecule has 0 radical (unpaired) electrons. The Kier molecular flexibility index (Phi) is 6.04.